The van der Waals surface area contributed by atoms with Crippen molar-refractivity contribution in [3.05, 3.63) is 68.5 Å². The first-order valence-electron chi connectivity index (χ1n) is 9.70. The zero-order valence-electron chi connectivity index (χ0n) is 17.5. The topological polar surface area (TPSA) is 207 Å². The Kier molecular flexibility index (Phi) is 8.23. The average molecular weight is 544 g/mol. The highest BCUT2D eigenvalue weighted by atomic mass is 31.3. The van der Waals surface area contributed by atoms with Crippen LogP contribution in [0.3, 0.4) is 0 Å². The molecule has 1 aliphatic rings. The summed E-state index contributed by atoms with van der Waals surface area (Å²) in [7, 11) is -10.7. The number of aromatic nitrogens is 2. The van der Waals surface area contributed by atoms with E-state index in [4.69, 9.17) is 14.5 Å². The van der Waals surface area contributed by atoms with Crippen molar-refractivity contribution in [3.63, 3.8) is 0 Å². The number of phosphoric acid groups is 2. The van der Waals surface area contributed by atoms with E-state index in [1.54, 1.807) is 0 Å². The number of rotatable bonds is 9. The number of ether oxygens (including phenoxy) is 1. The molecule has 5 N–H and O–H groups in total. The molecular weight excluding hydrogens is 524 g/mol. The van der Waals surface area contributed by atoms with Crippen LogP contribution >= 0.6 is 15.6 Å². The smallest absolute Gasteiger partial charge is 0.387 e. The molecule has 5 atom stereocenters. The Morgan fingerprint density at radius 2 is 1.74 bits per heavy atom. The monoisotopic (exact) mass is 544 g/mol. The minimum atomic E-state index is -5.40. The molecule has 1 fully saturated rings. The van der Waals surface area contributed by atoms with Crippen LogP contribution in [0.25, 0.3) is 0 Å². The van der Waals surface area contributed by atoms with Crippen molar-refractivity contribution in [1.82, 2.24) is 9.13 Å². The van der Waals surface area contributed by atoms with Crippen LogP contribution in [0.2, 0.25) is 0 Å². The molecular formula is C17H20F2N2O12P2. The number of halogens is 2. The Morgan fingerprint density at radius 3 is 2.37 bits per heavy atom. The zero-order chi connectivity index (χ0) is 26.1. The fraction of sp³-hybridized carbons (Fsp3) is 0.412. The predicted octanol–water partition coefficient (Wildman–Crippen LogP) is -0.624. The minimum absolute atomic E-state index is 0.0313. The number of benzene rings is 1. The molecule has 14 nitrogen and oxygen atoms in total. The van der Waals surface area contributed by atoms with Gasteiger partial charge in [-0.25, -0.2) is 22.7 Å². The van der Waals surface area contributed by atoms with Crippen molar-refractivity contribution < 1.29 is 56.4 Å². The van der Waals surface area contributed by atoms with E-state index in [0.717, 1.165) is 29.0 Å². The van der Waals surface area contributed by atoms with Crippen molar-refractivity contribution in [3.8, 4) is 0 Å². The summed E-state index contributed by atoms with van der Waals surface area (Å²) < 4.78 is 63.9. The van der Waals surface area contributed by atoms with Gasteiger partial charge in [0, 0.05) is 24.9 Å². The van der Waals surface area contributed by atoms with E-state index in [2.05, 4.69) is 8.83 Å². The van der Waals surface area contributed by atoms with Gasteiger partial charge in [0.2, 0.25) is 0 Å². The van der Waals surface area contributed by atoms with Crippen LogP contribution in [-0.2, 0) is 35.7 Å². The molecule has 0 aliphatic carbocycles. The summed E-state index contributed by atoms with van der Waals surface area (Å²) in [5.41, 5.74) is -1.77. The molecule has 0 saturated carbocycles. The van der Waals surface area contributed by atoms with Crippen LogP contribution in [0, 0.1) is 11.6 Å². The third kappa shape index (κ3) is 6.77. The highest BCUT2D eigenvalue weighted by Crippen LogP contribution is 2.57. The molecule has 3 unspecified atom stereocenters. The quantitative estimate of drug-likeness (QED) is 0.250. The van der Waals surface area contributed by atoms with E-state index in [1.165, 1.54) is 0 Å². The first kappa shape index (κ1) is 27.5. The van der Waals surface area contributed by atoms with Crippen LogP contribution < -0.4 is 11.2 Å². The third-order valence-electron chi connectivity index (χ3n) is 4.94. The van der Waals surface area contributed by atoms with Crippen molar-refractivity contribution in [1.29, 1.82) is 0 Å². The number of hydrogen-bond donors (Lipinski definition) is 5. The van der Waals surface area contributed by atoms with Crippen molar-refractivity contribution in [2.45, 2.75) is 37.5 Å². The molecule has 1 aromatic carbocycles. The number of aliphatic hydroxyl groups excluding tert-OH is 2. The predicted molar refractivity (Wildman–Crippen MR) is 110 cm³/mol. The second-order valence-electron chi connectivity index (χ2n) is 7.36. The SMILES string of the molecule is O=c1ccn([C@@H]2O[C@H](COP(=O)(O)OP(=O)(O)O)C(O)C2O)c(=O)n1CCc1ccc(F)cc1F. The average Bonchev–Trinajstić information content (AvgIpc) is 3.00. The molecule has 3 rings (SSSR count). The summed E-state index contributed by atoms with van der Waals surface area (Å²) >= 11 is 0. The molecule has 0 bridgehead atoms. The van der Waals surface area contributed by atoms with E-state index < -0.39 is 69.7 Å². The number of aliphatic hydroxyl groups is 2. The first-order chi connectivity index (χ1) is 16.2. The Balaban J connectivity index is 1.77. The van der Waals surface area contributed by atoms with Gasteiger partial charge >= 0.3 is 21.3 Å². The molecule has 2 aromatic rings. The number of aryl methyl sites for hydroxylation is 1. The van der Waals surface area contributed by atoms with Crippen LogP contribution in [0.15, 0.2) is 40.1 Å². The molecule has 35 heavy (non-hydrogen) atoms. The zero-order valence-corrected chi connectivity index (χ0v) is 19.2. The van der Waals surface area contributed by atoms with Crippen LogP contribution in [-0.4, -0.2) is 58.9 Å². The fourth-order valence-corrected chi connectivity index (χ4v) is 4.91. The highest BCUT2D eigenvalue weighted by molar-refractivity contribution is 7.60. The van der Waals surface area contributed by atoms with Gasteiger partial charge in [-0.05, 0) is 18.1 Å². The summed E-state index contributed by atoms with van der Waals surface area (Å²) in [6.45, 7) is -1.31. The normalized spacial score (nSPS) is 24.4. The van der Waals surface area contributed by atoms with Gasteiger partial charge in [0.1, 0.15) is 29.9 Å². The third-order valence-corrected chi connectivity index (χ3v) is 7.09. The minimum Gasteiger partial charge on any atom is -0.387 e. The number of hydrogen-bond acceptors (Lipinski definition) is 9. The van der Waals surface area contributed by atoms with Gasteiger partial charge in [-0.15, -0.1) is 0 Å². The lowest BCUT2D eigenvalue weighted by Gasteiger charge is -2.19. The van der Waals surface area contributed by atoms with Crippen molar-refractivity contribution in [2.75, 3.05) is 6.61 Å². The van der Waals surface area contributed by atoms with Crippen molar-refractivity contribution >= 4 is 15.6 Å². The molecule has 0 spiro atoms. The van der Waals surface area contributed by atoms with Gasteiger partial charge in [-0.1, -0.05) is 6.07 Å². The summed E-state index contributed by atoms with van der Waals surface area (Å²) in [4.78, 5) is 51.6. The molecule has 1 aromatic heterocycles. The van der Waals surface area contributed by atoms with Gasteiger partial charge in [-0.2, -0.15) is 4.31 Å². The Morgan fingerprint density at radius 1 is 1.06 bits per heavy atom. The van der Waals surface area contributed by atoms with Gasteiger partial charge in [-0.3, -0.25) is 18.5 Å². The Labute approximate surface area is 194 Å². The molecule has 194 valence electrons. The maximum Gasteiger partial charge on any atom is 0.481 e. The molecule has 2 heterocycles. The second-order valence-corrected chi connectivity index (χ2v) is 10.2. The summed E-state index contributed by atoms with van der Waals surface area (Å²) in [6.07, 6.45) is -5.97. The molecule has 18 heteroatoms. The Hall–Kier alpha value is -2.10. The number of nitrogens with zero attached hydrogens (tertiary/aromatic N) is 2. The van der Waals surface area contributed by atoms with E-state index in [0.29, 0.717) is 10.6 Å². The van der Waals surface area contributed by atoms with Gasteiger partial charge in [0.05, 0.1) is 6.61 Å². The van der Waals surface area contributed by atoms with E-state index in [-0.39, 0.29) is 18.5 Å². The highest BCUT2D eigenvalue weighted by Gasteiger charge is 2.46. The molecule has 1 aliphatic heterocycles. The number of phosphoric ester groups is 1. The molecule has 0 radical (unpaired) electrons. The van der Waals surface area contributed by atoms with Crippen LogP contribution in [0.1, 0.15) is 11.8 Å². The lowest BCUT2D eigenvalue weighted by Crippen LogP contribution is -2.43. The van der Waals surface area contributed by atoms with Crippen LogP contribution in [0.5, 0.6) is 0 Å². The standard InChI is InChI=1S/C17H20F2N2O12P2/c18-10-2-1-9(11(19)7-10)3-5-20-13(22)4-6-21(17(20)25)16-15(24)14(23)12(32-16)8-31-35(29,30)33-34(26,27)28/h1-2,4,6-7,12,14-16,23-24H,3,5,8H2,(H,29,30)(H2,26,27,28)/t12-,14?,15?,16-/m1/s1. The van der Waals surface area contributed by atoms with E-state index in [9.17, 15) is 42.6 Å². The lowest BCUT2D eigenvalue weighted by molar-refractivity contribution is -0.0548. The van der Waals surface area contributed by atoms with Crippen molar-refractivity contribution in [2.24, 2.45) is 0 Å². The molecule has 1 saturated heterocycles. The maximum absolute atomic E-state index is 13.9. The first-order valence-corrected chi connectivity index (χ1v) is 12.7. The van der Waals surface area contributed by atoms with Gasteiger partial charge in [0.25, 0.3) is 5.56 Å². The largest absolute Gasteiger partial charge is 0.481 e. The summed E-state index contributed by atoms with van der Waals surface area (Å²) in [5.74, 6) is -1.68. The Bertz CT molecular complexity index is 1290. The van der Waals surface area contributed by atoms with E-state index in [1.807, 2.05) is 0 Å². The fourth-order valence-electron chi connectivity index (χ4n) is 3.31. The van der Waals surface area contributed by atoms with Crippen LogP contribution in [0.4, 0.5) is 8.78 Å². The van der Waals surface area contributed by atoms with Gasteiger partial charge < -0.3 is 29.6 Å². The summed E-state index contributed by atoms with van der Waals surface area (Å²) in [6, 6.07) is 3.74. The molecule has 0 amide bonds. The lowest BCUT2D eigenvalue weighted by atomic mass is 10.1. The van der Waals surface area contributed by atoms with Gasteiger partial charge in [0.15, 0.2) is 6.23 Å². The summed E-state index contributed by atoms with van der Waals surface area (Å²) in [5, 5.41) is 20.5. The maximum atomic E-state index is 13.9. The second kappa shape index (κ2) is 10.5. The van der Waals surface area contributed by atoms with E-state index >= 15 is 0 Å².